The van der Waals surface area contributed by atoms with Crippen molar-refractivity contribution in [2.24, 2.45) is 5.10 Å². The van der Waals surface area contributed by atoms with E-state index in [0.29, 0.717) is 12.8 Å². The molecule has 3 amide bonds. The predicted molar refractivity (Wildman–Crippen MR) is 105 cm³/mol. The number of hydrazone groups is 1. The van der Waals surface area contributed by atoms with Gasteiger partial charge in [0.15, 0.2) is 0 Å². The smallest absolute Gasteiger partial charge is 0.346 e. The lowest BCUT2D eigenvalue weighted by atomic mass is 9.82. The van der Waals surface area contributed by atoms with Crippen molar-refractivity contribution in [1.82, 2.24) is 10.3 Å². The van der Waals surface area contributed by atoms with Gasteiger partial charge in [-0.1, -0.05) is 30.9 Å². The number of nitro groups is 1. The molecule has 1 aliphatic carbocycles. The number of nitrogens with one attached hydrogen (secondary N) is 1. The zero-order chi connectivity index (χ0) is 20.6. The molecule has 1 spiro atoms. The number of halogens is 1. The first-order valence-corrected chi connectivity index (χ1v) is 9.52. The molecule has 0 unspecified atom stereocenters. The average molecular weight is 417 g/mol. The van der Waals surface area contributed by atoms with Gasteiger partial charge in [0.1, 0.15) is 17.1 Å². The maximum atomic E-state index is 12.7. The molecule has 29 heavy (non-hydrogen) atoms. The summed E-state index contributed by atoms with van der Waals surface area (Å²) in [6, 6.07) is 6.79. The number of imide groups is 1. The Hall–Kier alpha value is -3.20. The quantitative estimate of drug-likeness (QED) is 0.348. The van der Waals surface area contributed by atoms with Crippen LogP contribution >= 0.6 is 11.6 Å². The van der Waals surface area contributed by atoms with Gasteiger partial charge in [0.05, 0.1) is 16.7 Å². The van der Waals surface area contributed by atoms with Gasteiger partial charge in [0.25, 0.3) is 11.6 Å². The monoisotopic (exact) mass is 416 g/mol. The third-order valence-corrected chi connectivity index (χ3v) is 5.43. The number of nitro benzene ring substituents is 1. The molecule has 2 fully saturated rings. The fraction of sp³-hybridized carbons (Fsp3) is 0.316. The lowest BCUT2D eigenvalue weighted by molar-refractivity contribution is -0.384. The van der Waals surface area contributed by atoms with E-state index in [9.17, 15) is 19.7 Å². The highest BCUT2D eigenvalue weighted by atomic mass is 35.5. The Balaban J connectivity index is 1.56. The average Bonchev–Trinajstić information content (AvgIpc) is 3.25. The fourth-order valence-corrected chi connectivity index (χ4v) is 3.92. The SMILES string of the molecule is O=C1NC2(CCCCC2)C(=O)N1/N=C\c1ccc(-c2ccc(Cl)cc2[N+](=O)[O-])o1. The number of amides is 3. The number of furan rings is 1. The first kappa shape index (κ1) is 19.1. The van der Waals surface area contributed by atoms with Crippen LogP contribution in [0.3, 0.4) is 0 Å². The number of hydrogen-bond acceptors (Lipinski definition) is 6. The van der Waals surface area contributed by atoms with Gasteiger partial charge >= 0.3 is 6.03 Å². The molecule has 2 aromatic rings. The summed E-state index contributed by atoms with van der Waals surface area (Å²) in [5.41, 5.74) is -0.788. The van der Waals surface area contributed by atoms with Crippen molar-refractivity contribution >= 4 is 35.4 Å². The number of carbonyl (C=O) groups is 2. The molecule has 1 saturated carbocycles. The molecule has 0 radical (unpaired) electrons. The second kappa shape index (κ2) is 7.32. The van der Waals surface area contributed by atoms with Crippen LogP contribution in [0.5, 0.6) is 0 Å². The Kier molecular flexibility index (Phi) is 4.83. The minimum absolute atomic E-state index is 0.191. The maximum Gasteiger partial charge on any atom is 0.346 e. The van der Waals surface area contributed by atoms with Crippen molar-refractivity contribution in [3.63, 3.8) is 0 Å². The molecule has 2 aliphatic rings. The molecular formula is C19H17ClN4O5. The van der Waals surface area contributed by atoms with E-state index in [0.717, 1.165) is 24.3 Å². The third kappa shape index (κ3) is 3.49. The summed E-state index contributed by atoms with van der Waals surface area (Å²) < 4.78 is 5.60. The third-order valence-electron chi connectivity index (χ3n) is 5.20. The topological polar surface area (TPSA) is 118 Å². The molecule has 10 heteroatoms. The van der Waals surface area contributed by atoms with Gasteiger partial charge in [-0.25, -0.2) is 4.79 Å². The maximum absolute atomic E-state index is 12.7. The minimum atomic E-state index is -0.856. The van der Waals surface area contributed by atoms with Gasteiger partial charge in [0, 0.05) is 11.1 Å². The highest BCUT2D eigenvalue weighted by Gasteiger charge is 2.51. The molecule has 2 heterocycles. The van der Waals surface area contributed by atoms with Crippen LogP contribution in [0.25, 0.3) is 11.3 Å². The molecular weight excluding hydrogens is 400 g/mol. The van der Waals surface area contributed by atoms with Gasteiger partial charge in [-0.2, -0.15) is 5.10 Å². The highest BCUT2D eigenvalue weighted by Crippen LogP contribution is 2.35. The number of rotatable bonds is 4. The van der Waals surface area contributed by atoms with Crippen molar-refractivity contribution in [1.29, 1.82) is 0 Å². The minimum Gasteiger partial charge on any atom is -0.455 e. The Morgan fingerprint density at radius 3 is 2.69 bits per heavy atom. The molecule has 1 aromatic heterocycles. The molecule has 1 saturated heterocycles. The van der Waals surface area contributed by atoms with Crippen LogP contribution in [0.2, 0.25) is 5.02 Å². The number of hydrogen-bond donors (Lipinski definition) is 1. The van der Waals surface area contributed by atoms with E-state index in [2.05, 4.69) is 10.4 Å². The molecule has 9 nitrogen and oxygen atoms in total. The summed E-state index contributed by atoms with van der Waals surface area (Å²) in [7, 11) is 0. The van der Waals surface area contributed by atoms with Crippen LogP contribution in [0.1, 0.15) is 37.9 Å². The summed E-state index contributed by atoms with van der Waals surface area (Å²) in [6.45, 7) is 0. The predicted octanol–water partition coefficient (Wildman–Crippen LogP) is 4.10. The summed E-state index contributed by atoms with van der Waals surface area (Å²) in [5.74, 6) is 0.128. The van der Waals surface area contributed by atoms with E-state index in [4.69, 9.17) is 16.0 Å². The van der Waals surface area contributed by atoms with Crippen LogP contribution in [0.15, 0.2) is 39.9 Å². The van der Waals surface area contributed by atoms with Crippen molar-refractivity contribution < 1.29 is 18.9 Å². The van der Waals surface area contributed by atoms with Gasteiger partial charge in [-0.05, 0) is 37.1 Å². The number of carbonyl (C=O) groups excluding carboxylic acids is 2. The molecule has 1 N–H and O–H groups in total. The highest BCUT2D eigenvalue weighted by molar-refractivity contribution is 6.30. The number of nitrogens with zero attached hydrogens (tertiary/aromatic N) is 3. The van der Waals surface area contributed by atoms with Gasteiger partial charge in [-0.15, -0.1) is 5.01 Å². The summed E-state index contributed by atoms with van der Waals surface area (Å²) in [5, 5.41) is 19.1. The number of urea groups is 1. The van der Waals surface area contributed by atoms with Crippen LogP contribution in [0, 0.1) is 10.1 Å². The van der Waals surface area contributed by atoms with E-state index >= 15 is 0 Å². The molecule has 0 atom stereocenters. The van der Waals surface area contributed by atoms with Crippen molar-refractivity contribution in [2.75, 3.05) is 0 Å². The number of benzene rings is 1. The Morgan fingerprint density at radius 1 is 1.21 bits per heavy atom. The normalized spacial score (nSPS) is 18.6. The second-order valence-electron chi connectivity index (χ2n) is 7.06. The van der Waals surface area contributed by atoms with Crippen molar-refractivity contribution in [3.05, 3.63) is 51.2 Å². The standard InChI is InChI=1S/C19H17ClN4O5/c20-12-4-6-14(15(10-12)24(27)28)16-7-5-13(29-16)11-21-23-17(25)19(22-18(23)26)8-2-1-3-9-19/h4-7,10-11H,1-3,8-9H2,(H,22,26)/b21-11-. The second-order valence-corrected chi connectivity index (χ2v) is 7.49. The van der Waals surface area contributed by atoms with Crippen molar-refractivity contribution in [2.45, 2.75) is 37.6 Å². The summed E-state index contributed by atoms with van der Waals surface area (Å²) in [6.07, 6.45) is 5.25. The van der Waals surface area contributed by atoms with Crippen LogP contribution < -0.4 is 5.32 Å². The molecule has 150 valence electrons. The first-order chi connectivity index (χ1) is 13.9. The van der Waals surface area contributed by atoms with E-state index < -0.39 is 16.5 Å². The Morgan fingerprint density at radius 2 is 1.97 bits per heavy atom. The zero-order valence-corrected chi connectivity index (χ0v) is 16.0. The van der Waals surface area contributed by atoms with Gasteiger partial charge in [-0.3, -0.25) is 14.9 Å². The van der Waals surface area contributed by atoms with Crippen LogP contribution in [-0.4, -0.2) is 33.6 Å². The lowest BCUT2D eigenvalue weighted by Gasteiger charge is -2.29. The van der Waals surface area contributed by atoms with Gasteiger partial charge in [0.2, 0.25) is 0 Å². The van der Waals surface area contributed by atoms with E-state index in [1.165, 1.54) is 24.4 Å². The Labute approximate surface area is 170 Å². The molecule has 1 aromatic carbocycles. The molecule has 1 aliphatic heterocycles. The summed E-state index contributed by atoms with van der Waals surface area (Å²) in [4.78, 5) is 35.6. The zero-order valence-electron chi connectivity index (χ0n) is 15.3. The van der Waals surface area contributed by atoms with E-state index in [1.807, 2.05) is 0 Å². The Bertz CT molecular complexity index is 1030. The lowest BCUT2D eigenvalue weighted by Crippen LogP contribution is -2.48. The summed E-state index contributed by atoms with van der Waals surface area (Å²) >= 11 is 5.83. The van der Waals surface area contributed by atoms with E-state index in [1.54, 1.807) is 12.1 Å². The van der Waals surface area contributed by atoms with Crippen LogP contribution in [0.4, 0.5) is 10.5 Å². The fourth-order valence-electron chi connectivity index (χ4n) is 3.75. The van der Waals surface area contributed by atoms with E-state index in [-0.39, 0.29) is 33.7 Å². The molecule has 4 rings (SSSR count). The van der Waals surface area contributed by atoms with Gasteiger partial charge < -0.3 is 9.73 Å². The molecule has 0 bridgehead atoms. The van der Waals surface area contributed by atoms with Crippen molar-refractivity contribution in [3.8, 4) is 11.3 Å². The largest absolute Gasteiger partial charge is 0.455 e. The first-order valence-electron chi connectivity index (χ1n) is 9.14. The van der Waals surface area contributed by atoms with Crippen LogP contribution in [-0.2, 0) is 4.79 Å².